The zero-order chi connectivity index (χ0) is 24.4. The highest BCUT2D eigenvalue weighted by Gasteiger charge is 2.07. The van der Waals surface area contributed by atoms with Gasteiger partial charge in [-0.05, 0) is 43.7 Å². The third-order valence-electron chi connectivity index (χ3n) is 3.83. The summed E-state index contributed by atoms with van der Waals surface area (Å²) in [7, 11) is 1.67. The summed E-state index contributed by atoms with van der Waals surface area (Å²) in [5, 5.41) is 12.9. The van der Waals surface area contributed by atoms with E-state index in [9.17, 15) is 4.79 Å². The fourth-order valence-corrected chi connectivity index (χ4v) is 2.23. The molecule has 2 aromatic heterocycles. The van der Waals surface area contributed by atoms with Crippen LogP contribution in [-0.4, -0.2) is 34.4 Å². The van der Waals surface area contributed by atoms with Gasteiger partial charge >= 0.3 is 5.97 Å². The Morgan fingerprint density at radius 3 is 2.38 bits per heavy atom. The lowest BCUT2D eigenvalue weighted by Gasteiger charge is -2.07. The van der Waals surface area contributed by atoms with Gasteiger partial charge in [0.15, 0.2) is 0 Å². The second kappa shape index (κ2) is 17.0. The summed E-state index contributed by atoms with van der Waals surface area (Å²) >= 11 is 0. The summed E-state index contributed by atoms with van der Waals surface area (Å²) in [6, 6.07) is 5.13. The molecule has 7 heteroatoms. The lowest BCUT2D eigenvalue weighted by molar-refractivity contribution is 0.0690. The topological polar surface area (TPSA) is 96.7 Å². The van der Waals surface area contributed by atoms with Crippen LogP contribution in [0.15, 0.2) is 72.3 Å². The molecular formula is C25H34N4O3. The summed E-state index contributed by atoms with van der Waals surface area (Å²) in [5.41, 5.74) is 5.49. The maximum absolute atomic E-state index is 10.8. The van der Waals surface area contributed by atoms with Crippen molar-refractivity contribution in [2.24, 2.45) is 5.10 Å². The van der Waals surface area contributed by atoms with Crippen molar-refractivity contribution in [2.45, 2.75) is 41.0 Å². The van der Waals surface area contributed by atoms with Crippen molar-refractivity contribution in [3.8, 4) is 11.1 Å². The van der Waals surface area contributed by atoms with Gasteiger partial charge in [0, 0.05) is 36.2 Å². The molecule has 7 nitrogen and oxygen atoms in total. The molecule has 2 N–H and O–H groups in total. The average Bonchev–Trinajstić information content (AvgIpc) is 2.83. The monoisotopic (exact) mass is 438 g/mol. The number of hydrogen-bond donors (Lipinski definition) is 2. The number of ether oxygens (including phenoxy) is 1. The Kier molecular flexibility index (Phi) is 15.0. The van der Waals surface area contributed by atoms with Gasteiger partial charge in [-0.15, -0.1) is 0 Å². The van der Waals surface area contributed by atoms with E-state index in [-0.39, 0.29) is 5.69 Å². The van der Waals surface area contributed by atoms with Crippen molar-refractivity contribution in [1.82, 2.24) is 9.97 Å². The fourth-order valence-electron chi connectivity index (χ4n) is 2.23. The highest BCUT2D eigenvalue weighted by atomic mass is 16.5. The number of hydrogen-bond acceptors (Lipinski definition) is 6. The zero-order valence-electron chi connectivity index (χ0n) is 19.8. The van der Waals surface area contributed by atoms with Gasteiger partial charge in [0.1, 0.15) is 11.5 Å². The van der Waals surface area contributed by atoms with Gasteiger partial charge in [-0.2, -0.15) is 5.10 Å². The highest BCUT2D eigenvalue weighted by Crippen LogP contribution is 2.22. The Morgan fingerprint density at radius 2 is 1.94 bits per heavy atom. The Morgan fingerprint density at radius 1 is 1.25 bits per heavy atom. The molecule has 0 bridgehead atoms. The van der Waals surface area contributed by atoms with E-state index in [0.29, 0.717) is 5.82 Å². The van der Waals surface area contributed by atoms with Gasteiger partial charge in [-0.25, -0.2) is 14.8 Å². The first kappa shape index (κ1) is 28.3. The predicted octanol–water partition coefficient (Wildman–Crippen LogP) is 6.26. The van der Waals surface area contributed by atoms with Crippen LogP contribution in [0.4, 0.5) is 5.82 Å². The van der Waals surface area contributed by atoms with E-state index >= 15 is 0 Å². The lowest BCUT2D eigenvalue weighted by Crippen LogP contribution is -1.99. The minimum Gasteiger partial charge on any atom is -0.501 e. The van der Waals surface area contributed by atoms with Gasteiger partial charge in [-0.1, -0.05) is 45.6 Å². The van der Waals surface area contributed by atoms with E-state index in [1.165, 1.54) is 12.3 Å². The Bertz CT molecular complexity index is 911. The first-order valence-corrected chi connectivity index (χ1v) is 10.4. The Labute approximate surface area is 191 Å². The smallest absolute Gasteiger partial charge is 0.354 e. The van der Waals surface area contributed by atoms with Crippen LogP contribution in [0.25, 0.3) is 11.1 Å². The van der Waals surface area contributed by atoms with Crippen LogP contribution in [-0.2, 0) is 4.74 Å². The number of aryl methyl sites for hydroxylation is 1. The van der Waals surface area contributed by atoms with Gasteiger partial charge in [-0.3, -0.25) is 5.43 Å². The summed E-state index contributed by atoms with van der Waals surface area (Å²) in [5.74, 6) is 0.596. The molecule has 0 unspecified atom stereocenters. The molecule has 0 aliphatic rings. The SMILES string of the molecule is C/C=C/C=N/Nc1ncc(-c2ccc(C(=O)O)nc2)cc1C.C=C/C=C(\CC)OC.CC. The molecule has 2 heterocycles. The molecule has 172 valence electrons. The molecule has 0 aliphatic heterocycles. The van der Waals surface area contributed by atoms with Crippen molar-refractivity contribution in [2.75, 3.05) is 12.5 Å². The number of nitrogens with one attached hydrogen (secondary N) is 1. The second-order valence-electron chi connectivity index (χ2n) is 5.97. The van der Waals surface area contributed by atoms with Crippen molar-refractivity contribution in [3.05, 3.63) is 78.5 Å². The third kappa shape index (κ3) is 10.3. The second-order valence-corrected chi connectivity index (χ2v) is 5.97. The van der Waals surface area contributed by atoms with E-state index in [0.717, 1.165) is 28.9 Å². The average molecular weight is 439 g/mol. The van der Waals surface area contributed by atoms with E-state index in [2.05, 4.69) is 27.1 Å². The summed E-state index contributed by atoms with van der Waals surface area (Å²) in [6.07, 6.45) is 13.1. The molecule has 0 aromatic carbocycles. The highest BCUT2D eigenvalue weighted by molar-refractivity contribution is 5.85. The zero-order valence-corrected chi connectivity index (χ0v) is 19.8. The van der Waals surface area contributed by atoms with Crippen molar-refractivity contribution in [3.63, 3.8) is 0 Å². The lowest BCUT2D eigenvalue weighted by atomic mass is 10.1. The summed E-state index contributed by atoms with van der Waals surface area (Å²) < 4.78 is 4.93. The number of nitrogens with zero attached hydrogens (tertiary/aromatic N) is 3. The standard InChI is InChI=1S/C16H16N4O2.C7H12O.C2H6/c1-3-4-7-19-20-15-11(2)8-13(10-18-15)12-5-6-14(16(21)22)17-9-12;1-4-6-7(5-2)8-3;1-2/h3-10H,1-2H3,(H,18,20)(H,21,22);4,6H,1,5H2,2-3H3;1-2H3/b4-3+,19-7+;7-6+;. The van der Waals surface area contributed by atoms with Crippen molar-refractivity contribution in [1.29, 1.82) is 0 Å². The van der Waals surface area contributed by atoms with Crippen LogP contribution >= 0.6 is 0 Å². The number of anilines is 1. The van der Waals surface area contributed by atoms with E-state index in [1.54, 1.807) is 31.7 Å². The number of methoxy groups -OCH3 is 1. The number of carbonyl (C=O) groups is 1. The van der Waals surface area contributed by atoms with E-state index in [1.807, 2.05) is 58.9 Å². The molecule has 0 amide bonds. The largest absolute Gasteiger partial charge is 0.501 e. The number of hydrazone groups is 1. The van der Waals surface area contributed by atoms with Crippen LogP contribution < -0.4 is 5.43 Å². The number of allylic oxidation sites excluding steroid dienone is 5. The Hall–Kier alpha value is -3.74. The van der Waals surface area contributed by atoms with Gasteiger partial charge < -0.3 is 9.84 Å². The van der Waals surface area contributed by atoms with Crippen molar-refractivity contribution >= 4 is 18.0 Å². The van der Waals surface area contributed by atoms with Crippen LogP contribution in [0.2, 0.25) is 0 Å². The summed E-state index contributed by atoms with van der Waals surface area (Å²) in [6.45, 7) is 13.4. The van der Waals surface area contributed by atoms with Gasteiger partial charge in [0.05, 0.1) is 12.9 Å². The van der Waals surface area contributed by atoms with Crippen LogP contribution in [0, 0.1) is 6.92 Å². The predicted molar refractivity (Wildman–Crippen MR) is 133 cm³/mol. The Balaban J connectivity index is 0.000000814. The van der Waals surface area contributed by atoms with Crippen LogP contribution in [0.1, 0.15) is 50.2 Å². The molecule has 32 heavy (non-hydrogen) atoms. The number of rotatable bonds is 8. The number of aromatic carboxylic acids is 1. The minimum atomic E-state index is -1.04. The van der Waals surface area contributed by atoms with Gasteiger partial charge in [0.25, 0.3) is 0 Å². The van der Waals surface area contributed by atoms with Crippen molar-refractivity contribution < 1.29 is 14.6 Å². The third-order valence-corrected chi connectivity index (χ3v) is 3.83. The quantitative estimate of drug-likeness (QED) is 0.218. The molecule has 0 aliphatic carbocycles. The number of pyridine rings is 2. The molecule has 0 spiro atoms. The van der Waals surface area contributed by atoms with E-state index in [4.69, 9.17) is 9.84 Å². The number of aromatic nitrogens is 2. The molecule has 0 saturated carbocycles. The van der Waals surface area contributed by atoms with Gasteiger partial charge in [0.2, 0.25) is 0 Å². The maximum atomic E-state index is 10.8. The molecule has 0 fully saturated rings. The summed E-state index contributed by atoms with van der Waals surface area (Å²) in [4.78, 5) is 19.0. The first-order valence-electron chi connectivity index (χ1n) is 10.4. The molecule has 0 saturated heterocycles. The molecule has 2 aromatic rings. The molecule has 0 atom stereocenters. The molecular weight excluding hydrogens is 404 g/mol. The van der Waals surface area contributed by atoms with E-state index < -0.39 is 5.97 Å². The normalized spacial score (nSPS) is 10.6. The minimum absolute atomic E-state index is 0.0186. The maximum Gasteiger partial charge on any atom is 0.354 e. The molecule has 0 radical (unpaired) electrons. The molecule has 2 rings (SSSR count). The van der Waals surface area contributed by atoms with Crippen LogP contribution in [0.5, 0.6) is 0 Å². The van der Waals surface area contributed by atoms with Crippen LogP contribution in [0.3, 0.4) is 0 Å². The number of carboxylic acid groups (broad SMARTS) is 1. The fraction of sp³-hybridized carbons (Fsp3) is 0.280. The first-order chi connectivity index (χ1) is 15.5. The number of carboxylic acids is 1.